The summed E-state index contributed by atoms with van der Waals surface area (Å²) in [7, 11) is 0. The van der Waals surface area contributed by atoms with Gasteiger partial charge in [-0.1, -0.05) is 25.4 Å². The van der Waals surface area contributed by atoms with Crippen molar-refractivity contribution in [1.82, 2.24) is 0 Å². The standard InChI is InChI=1S/C9H12ClF2N/c1-4(2)6-5(3)13-8(10)7(6)9(11)12/h4,7,9H,1-3H3. The molecule has 1 heterocycles. The van der Waals surface area contributed by atoms with Crippen molar-refractivity contribution in [2.24, 2.45) is 16.8 Å². The van der Waals surface area contributed by atoms with Gasteiger partial charge in [0.15, 0.2) is 0 Å². The van der Waals surface area contributed by atoms with Gasteiger partial charge < -0.3 is 0 Å². The van der Waals surface area contributed by atoms with E-state index in [2.05, 4.69) is 4.99 Å². The Morgan fingerprint density at radius 1 is 1.38 bits per heavy atom. The van der Waals surface area contributed by atoms with Gasteiger partial charge in [0.25, 0.3) is 6.43 Å². The van der Waals surface area contributed by atoms with Crippen molar-refractivity contribution in [3.63, 3.8) is 0 Å². The highest BCUT2D eigenvalue weighted by Gasteiger charge is 2.35. The number of hydrogen-bond acceptors (Lipinski definition) is 1. The third-order valence-corrected chi connectivity index (χ3v) is 2.48. The van der Waals surface area contributed by atoms with Gasteiger partial charge in [0, 0.05) is 5.70 Å². The minimum Gasteiger partial charge on any atom is -0.245 e. The Bertz CT molecular complexity index is 269. The van der Waals surface area contributed by atoms with E-state index >= 15 is 0 Å². The number of nitrogens with zero attached hydrogens (tertiary/aromatic N) is 1. The van der Waals surface area contributed by atoms with Crippen LogP contribution < -0.4 is 0 Å². The fourth-order valence-corrected chi connectivity index (χ4v) is 2.00. The fourth-order valence-electron chi connectivity index (χ4n) is 1.66. The van der Waals surface area contributed by atoms with E-state index in [-0.39, 0.29) is 11.1 Å². The van der Waals surface area contributed by atoms with Crippen LogP contribution in [0.4, 0.5) is 8.78 Å². The minimum absolute atomic E-state index is 0.0243. The van der Waals surface area contributed by atoms with E-state index in [0.29, 0.717) is 11.3 Å². The molecule has 0 radical (unpaired) electrons. The molecular formula is C9H12ClF2N. The number of alkyl halides is 2. The molecule has 0 bridgehead atoms. The van der Waals surface area contributed by atoms with Crippen LogP contribution in [0.15, 0.2) is 16.3 Å². The maximum atomic E-state index is 12.6. The molecule has 1 atom stereocenters. The summed E-state index contributed by atoms with van der Waals surface area (Å²) in [6.45, 7) is 5.47. The summed E-state index contributed by atoms with van der Waals surface area (Å²) in [5, 5.41) is 0.0243. The molecule has 0 aromatic heterocycles. The summed E-state index contributed by atoms with van der Waals surface area (Å²) in [6.07, 6.45) is -2.45. The number of hydrogen-bond donors (Lipinski definition) is 0. The highest BCUT2D eigenvalue weighted by Crippen LogP contribution is 2.36. The lowest BCUT2D eigenvalue weighted by Crippen LogP contribution is -2.20. The molecule has 1 unspecified atom stereocenters. The van der Waals surface area contributed by atoms with E-state index in [0.717, 1.165) is 0 Å². The average Bonchev–Trinajstić information content (AvgIpc) is 2.24. The van der Waals surface area contributed by atoms with Crippen molar-refractivity contribution >= 4 is 16.8 Å². The first-order chi connectivity index (χ1) is 5.95. The van der Waals surface area contributed by atoms with Crippen LogP contribution in [0.2, 0.25) is 0 Å². The summed E-state index contributed by atoms with van der Waals surface area (Å²) < 4.78 is 25.1. The fraction of sp³-hybridized carbons (Fsp3) is 0.667. The van der Waals surface area contributed by atoms with Crippen LogP contribution in [0.25, 0.3) is 0 Å². The maximum Gasteiger partial charge on any atom is 0.251 e. The molecular weight excluding hydrogens is 196 g/mol. The molecule has 0 amide bonds. The molecule has 1 rings (SSSR count). The summed E-state index contributed by atoms with van der Waals surface area (Å²) in [6, 6.07) is 0. The third kappa shape index (κ3) is 1.90. The van der Waals surface area contributed by atoms with E-state index in [1.807, 2.05) is 13.8 Å². The highest BCUT2D eigenvalue weighted by molar-refractivity contribution is 6.66. The summed E-state index contributed by atoms with van der Waals surface area (Å²) >= 11 is 5.64. The lowest BCUT2D eigenvalue weighted by molar-refractivity contribution is 0.121. The summed E-state index contributed by atoms with van der Waals surface area (Å²) in [5.74, 6) is -0.902. The van der Waals surface area contributed by atoms with Crippen molar-refractivity contribution in [1.29, 1.82) is 0 Å². The molecule has 0 saturated heterocycles. The quantitative estimate of drug-likeness (QED) is 0.658. The monoisotopic (exact) mass is 207 g/mol. The highest BCUT2D eigenvalue weighted by atomic mass is 35.5. The van der Waals surface area contributed by atoms with E-state index in [9.17, 15) is 8.78 Å². The summed E-state index contributed by atoms with van der Waals surface area (Å²) in [5.41, 5.74) is 1.31. The zero-order chi connectivity index (χ0) is 10.2. The molecule has 1 aliphatic rings. The van der Waals surface area contributed by atoms with Gasteiger partial charge in [-0.2, -0.15) is 0 Å². The van der Waals surface area contributed by atoms with Gasteiger partial charge in [-0.25, -0.2) is 13.8 Å². The molecule has 74 valence electrons. The van der Waals surface area contributed by atoms with Gasteiger partial charge in [0.2, 0.25) is 0 Å². The zero-order valence-corrected chi connectivity index (χ0v) is 8.57. The Balaban J connectivity index is 3.00. The Labute approximate surface area is 81.5 Å². The largest absolute Gasteiger partial charge is 0.251 e. The van der Waals surface area contributed by atoms with Gasteiger partial charge in [-0.05, 0) is 18.4 Å². The maximum absolute atomic E-state index is 12.6. The Morgan fingerprint density at radius 2 is 1.92 bits per heavy atom. The molecule has 0 spiro atoms. The number of allylic oxidation sites excluding steroid dienone is 2. The predicted octanol–water partition coefficient (Wildman–Crippen LogP) is 3.45. The first-order valence-electron chi connectivity index (χ1n) is 4.18. The predicted molar refractivity (Wildman–Crippen MR) is 50.3 cm³/mol. The Morgan fingerprint density at radius 3 is 2.23 bits per heavy atom. The van der Waals surface area contributed by atoms with Gasteiger partial charge in [0.1, 0.15) is 5.17 Å². The van der Waals surface area contributed by atoms with Crippen LogP contribution in [0.5, 0.6) is 0 Å². The molecule has 1 nitrogen and oxygen atoms in total. The molecule has 1 aliphatic heterocycles. The Kier molecular flexibility index (Phi) is 3.06. The molecule has 0 aromatic carbocycles. The molecule has 0 fully saturated rings. The first kappa shape index (κ1) is 10.6. The van der Waals surface area contributed by atoms with Gasteiger partial charge in [-0.3, -0.25) is 0 Å². The SMILES string of the molecule is CC1=C(C(C)C)C(C(F)F)C(Cl)=N1. The molecule has 0 aliphatic carbocycles. The van der Waals surface area contributed by atoms with Crippen LogP contribution >= 0.6 is 11.6 Å². The number of halogens is 3. The normalized spacial score (nSPS) is 23.4. The van der Waals surface area contributed by atoms with Crippen molar-refractivity contribution < 1.29 is 8.78 Å². The van der Waals surface area contributed by atoms with Crippen LogP contribution in [0, 0.1) is 11.8 Å². The first-order valence-corrected chi connectivity index (χ1v) is 4.55. The van der Waals surface area contributed by atoms with Crippen LogP contribution in [-0.2, 0) is 0 Å². The number of rotatable bonds is 2. The second kappa shape index (κ2) is 3.74. The molecule has 0 aromatic rings. The van der Waals surface area contributed by atoms with E-state index in [1.165, 1.54) is 0 Å². The van der Waals surface area contributed by atoms with Crippen molar-refractivity contribution in [3.05, 3.63) is 11.3 Å². The third-order valence-electron chi connectivity index (χ3n) is 2.16. The second-order valence-corrected chi connectivity index (χ2v) is 3.83. The zero-order valence-electron chi connectivity index (χ0n) is 7.81. The van der Waals surface area contributed by atoms with Crippen molar-refractivity contribution in [2.45, 2.75) is 27.2 Å². The Hall–Kier alpha value is -0.440. The van der Waals surface area contributed by atoms with Crippen molar-refractivity contribution in [3.8, 4) is 0 Å². The molecule has 0 N–H and O–H groups in total. The molecule has 4 heteroatoms. The average molecular weight is 208 g/mol. The van der Waals surface area contributed by atoms with Gasteiger partial charge in [-0.15, -0.1) is 0 Å². The molecule has 13 heavy (non-hydrogen) atoms. The van der Waals surface area contributed by atoms with Crippen LogP contribution in [-0.4, -0.2) is 11.6 Å². The lowest BCUT2D eigenvalue weighted by Gasteiger charge is -2.16. The van der Waals surface area contributed by atoms with Gasteiger partial charge >= 0.3 is 0 Å². The number of aliphatic imine (C=N–C) groups is 1. The van der Waals surface area contributed by atoms with Crippen molar-refractivity contribution in [2.75, 3.05) is 0 Å². The summed E-state index contributed by atoms with van der Waals surface area (Å²) in [4.78, 5) is 3.88. The van der Waals surface area contributed by atoms with E-state index in [1.54, 1.807) is 6.92 Å². The smallest absolute Gasteiger partial charge is 0.245 e. The second-order valence-electron chi connectivity index (χ2n) is 3.44. The van der Waals surface area contributed by atoms with Crippen LogP contribution in [0.3, 0.4) is 0 Å². The lowest BCUT2D eigenvalue weighted by atomic mass is 9.91. The molecule has 0 saturated carbocycles. The van der Waals surface area contributed by atoms with E-state index < -0.39 is 12.3 Å². The topological polar surface area (TPSA) is 12.4 Å². The van der Waals surface area contributed by atoms with Crippen LogP contribution in [0.1, 0.15) is 20.8 Å². The van der Waals surface area contributed by atoms with E-state index in [4.69, 9.17) is 11.6 Å². The van der Waals surface area contributed by atoms with Gasteiger partial charge in [0.05, 0.1) is 5.92 Å². The minimum atomic E-state index is -2.45.